The third-order valence-corrected chi connectivity index (χ3v) is 1.96. The van der Waals surface area contributed by atoms with Crippen LogP contribution >= 0.6 is 0 Å². The van der Waals surface area contributed by atoms with Crippen molar-refractivity contribution in [3.8, 4) is 0 Å². The average Bonchev–Trinajstić information content (AvgIpc) is 2.03. The van der Waals surface area contributed by atoms with Gasteiger partial charge < -0.3 is 0 Å². The van der Waals surface area contributed by atoms with Crippen molar-refractivity contribution in [2.45, 2.75) is 26.7 Å². The highest BCUT2D eigenvalue weighted by atomic mass is 14.1. The monoisotopic (exact) mass is 150 g/mol. The Morgan fingerprint density at radius 3 is 2.27 bits per heavy atom. The quantitative estimate of drug-likeness (QED) is 0.524. The van der Waals surface area contributed by atoms with E-state index >= 15 is 0 Å². The molecule has 0 nitrogen and oxygen atoms in total. The van der Waals surface area contributed by atoms with Crippen molar-refractivity contribution in [2.75, 3.05) is 0 Å². The van der Waals surface area contributed by atoms with Crippen molar-refractivity contribution in [1.82, 2.24) is 0 Å². The largest absolute Gasteiger partial charge is 0.0991 e. The van der Waals surface area contributed by atoms with Gasteiger partial charge in [0, 0.05) is 0 Å². The van der Waals surface area contributed by atoms with E-state index in [9.17, 15) is 0 Å². The number of hydrogen-bond donors (Lipinski definition) is 0. The molecule has 0 saturated heterocycles. The van der Waals surface area contributed by atoms with Gasteiger partial charge in [0.2, 0.25) is 0 Å². The molecule has 0 heteroatoms. The molecule has 0 saturated carbocycles. The van der Waals surface area contributed by atoms with Gasteiger partial charge in [-0.15, -0.1) is 0 Å². The Labute approximate surface area is 70.3 Å². The van der Waals surface area contributed by atoms with Crippen LogP contribution in [0.15, 0.2) is 37.0 Å². The second-order valence-corrected chi connectivity index (χ2v) is 2.68. The Morgan fingerprint density at radius 2 is 1.91 bits per heavy atom. The zero-order valence-electron chi connectivity index (χ0n) is 7.64. The van der Waals surface area contributed by atoms with E-state index in [2.05, 4.69) is 27.0 Å². The first-order valence-electron chi connectivity index (χ1n) is 4.24. The molecule has 0 atom stereocenters. The topological polar surface area (TPSA) is 0 Å². The van der Waals surface area contributed by atoms with Crippen LogP contribution in [0.2, 0.25) is 0 Å². The van der Waals surface area contributed by atoms with Gasteiger partial charge in [0.15, 0.2) is 0 Å². The molecule has 0 aromatic rings. The van der Waals surface area contributed by atoms with E-state index < -0.39 is 0 Å². The fourth-order valence-corrected chi connectivity index (χ4v) is 1.14. The summed E-state index contributed by atoms with van der Waals surface area (Å²) in [5.41, 5.74) is 1.22. The first-order valence-corrected chi connectivity index (χ1v) is 4.24. The molecule has 62 valence electrons. The average molecular weight is 150 g/mol. The van der Waals surface area contributed by atoms with Crippen molar-refractivity contribution < 1.29 is 0 Å². The van der Waals surface area contributed by atoms with E-state index in [4.69, 9.17) is 0 Å². The molecule has 11 heavy (non-hydrogen) atoms. The van der Waals surface area contributed by atoms with Crippen LogP contribution < -0.4 is 0 Å². The van der Waals surface area contributed by atoms with Gasteiger partial charge >= 0.3 is 0 Å². The lowest BCUT2D eigenvalue weighted by molar-refractivity contribution is 0.585. The predicted molar refractivity (Wildman–Crippen MR) is 52.5 cm³/mol. The highest BCUT2D eigenvalue weighted by Crippen LogP contribution is 2.17. The molecule has 0 spiro atoms. The fraction of sp³-hybridized carbons (Fsp3) is 0.455. The third-order valence-electron chi connectivity index (χ3n) is 1.96. The molecule has 0 aromatic carbocycles. The predicted octanol–water partition coefficient (Wildman–Crippen LogP) is 3.72. The molecule has 0 fully saturated rings. The summed E-state index contributed by atoms with van der Waals surface area (Å²) in [6, 6.07) is 0. The summed E-state index contributed by atoms with van der Waals surface area (Å²) < 4.78 is 0. The first-order chi connectivity index (χ1) is 5.26. The van der Waals surface area contributed by atoms with Crippen LogP contribution in [0.5, 0.6) is 0 Å². The van der Waals surface area contributed by atoms with Crippen molar-refractivity contribution in [3.63, 3.8) is 0 Å². The lowest BCUT2D eigenvalue weighted by Gasteiger charge is -2.11. The molecule has 0 rings (SSSR count). The summed E-state index contributed by atoms with van der Waals surface area (Å²) in [5, 5.41) is 0. The van der Waals surface area contributed by atoms with Crippen LogP contribution in [-0.4, -0.2) is 0 Å². The minimum absolute atomic E-state index is 0.645. The summed E-state index contributed by atoms with van der Waals surface area (Å²) >= 11 is 0. The van der Waals surface area contributed by atoms with Gasteiger partial charge in [-0.05, 0) is 18.8 Å². The first kappa shape index (κ1) is 10.2. The van der Waals surface area contributed by atoms with Crippen LogP contribution in [-0.2, 0) is 0 Å². The lowest BCUT2D eigenvalue weighted by atomic mass is 9.95. The van der Waals surface area contributed by atoms with E-state index in [0.29, 0.717) is 5.92 Å². The van der Waals surface area contributed by atoms with E-state index in [0.717, 1.165) is 0 Å². The van der Waals surface area contributed by atoms with Crippen molar-refractivity contribution >= 4 is 0 Å². The molecule has 0 radical (unpaired) electrons. The Bertz CT molecular complexity index is 147. The van der Waals surface area contributed by atoms with Crippen LogP contribution in [0.4, 0.5) is 0 Å². The Kier molecular flexibility index (Phi) is 5.54. The minimum atomic E-state index is 0.645. The maximum Gasteiger partial charge on any atom is -0.0173 e. The zero-order chi connectivity index (χ0) is 8.69. The second kappa shape index (κ2) is 5.96. The van der Waals surface area contributed by atoms with E-state index in [1.54, 1.807) is 6.08 Å². The van der Waals surface area contributed by atoms with Crippen molar-refractivity contribution in [2.24, 2.45) is 5.92 Å². The fourth-order valence-electron chi connectivity index (χ4n) is 1.14. The van der Waals surface area contributed by atoms with Gasteiger partial charge in [0.25, 0.3) is 0 Å². The van der Waals surface area contributed by atoms with Crippen LogP contribution in [0.25, 0.3) is 0 Å². The smallest absolute Gasteiger partial charge is 0.0173 e. The second-order valence-electron chi connectivity index (χ2n) is 2.68. The minimum Gasteiger partial charge on any atom is -0.0991 e. The van der Waals surface area contributed by atoms with Crippen LogP contribution in [0, 0.1) is 5.92 Å². The van der Waals surface area contributed by atoms with Crippen molar-refractivity contribution in [1.29, 1.82) is 0 Å². The number of hydrogen-bond acceptors (Lipinski definition) is 0. The van der Waals surface area contributed by atoms with E-state index in [-0.39, 0.29) is 0 Å². The van der Waals surface area contributed by atoms with Crippen molar-refractivity contribution in [3.05, 3.63) is 37.0 Å². The summed E-state index contributed by atoms with van der Waals surface area (Å²) in [4.78, 5) is 0. The standard InChI is InChI=1S/C11H18/c1-5-8-9-10(4)11(6-2)7-3/h5,8-9,11H,1,4,6-7H2,2-3H3/b9-8-. The summed E-state index contributed by atoms with van der Waals surface area (Å²) in [6.45, 7) is 12.0. The maximum atomic E-state index is 4.00. The molecule has 0 aliphatic carbocycles. The molecule has 0 bridgehead atoms. The Balaban J connectivity index is 3.98. The van der Waals surface area contributed by atoms with Gasteiger partial charge in [0.1, 0.15) is 0 Å². The Morgan fingerprint density at radius 1 is 1.36 bits per heavy atom. The van der Waals surface area contributed by atoms with Gasteiger partial charge in [0.05, 0.1) is 0 Å². The molecule has 0 N–H and O–H groups in total. The maximum absolute atomic E-state index is 4.00. The number of rotatable bonds is 5. The normalized spacial score (nSPS) is 10.8. The molecule has 0 aliphatic heterocycles. The third kappa shape index (κ3) is 3.82. The molecular weight excluding hydrogens is 132 g/mol. The highest BCUT2D eigenvalue weighted by molar-refractivity contribution is 5.20. The summed E-state index contributed by atoms with van der Waals surface area (Å²) in [6.07, 6.45) is 8.13. The molecule has 0 amide bonds. The van der Waals surface area contributed by atoms with Gasteiger partial charge in [-0.25, -0.2) is 0 Å². The number of allylic oxidation sites excluding steroid dienone is 4. The van der Waals surface area contributed by atoms with Crippen LogP contribution in [0.3, 0.4) is 0 Å². The zero-order valence-corrected chi connectivity index (χ0v) is 7.64. The van der Waals surface area contributed by atoms with Gasteiger partial charge in [-0.3, -0.25) is 0 Å². The van der Waals surface area contributed by atoms with E-state index in [1.807, 2.05) is 12.2 Å². The SMILES string of the molecule is C=C/C=C\C(=C)C(CC)CC. The molecule has 0 unspecified atom stereocenters. The van der Waals surface area contributed by atoms with Gasteiger partial charge in [-0.1, -0.05) is 50.8 Å². The van der Waals surface area contributed by atoms with Crippen LogP contribution in [0.1, 0.15) is 26.7 Å². The molecule has 0 heterocycles. The molecule has 0 aliphatic rings. The van der Waals surface area contributed by atoms with E-state index in [1.165, 1.54) is 18.4 Å². The molecular formula is C11H18. The highest BCUT2D eigenvalue weighted by Gasteiger charge is 2.03. The summed E-state index contributed by atoms with van der Waals surface area (Å²) in [5.74, 6) is 0.645. The summed E-state index contributed by atoms with van der Waals surface area (Å²) in [7, 11) is 0. The lowest BCUT2D eigenvalue weighted by Crippen LogP contribution is -1.97. The Hall–Kier alpha value is -0.780. The molecule has 0 aromatic heterocycles. The van der Waals surface area contributed by atoms with Gasteiger partial charge in [-0.2, -0.15) is 0 Å².